The van der Waals surface area contributed by atoms with Gasteiger partial charge >= 0.3 is 0 Å². The van der Waals surface area contributed by atoms with Crippen molar-refractivity contribution in [3.8, 4) is 0 Å². The van der Waals surface area contributed by atoms with Crippen LogP contribution in [-0.2, 0) is 4.79 Å². The van der Waals surface area contributed by atoms with E-state index in [2.05, 4.69) is 10.3 Å². The molecule has 0 atom stereocenters. The number of thiazole rings is 1. The standard InChI is InChI=1S/C19H21N3O3S/c23-17(10-19-7-11-3-12(8-19)5-13(4-11)9-19)21-18-20-15-2-1-14(22(24)25)6-16(15)26-18/h1-2,6,11-13H,3-5,7-10H2,(H,20,21,23). The zero-order chi connectivity index (χ0) is 17.9. The van der Waals surface area contributed by atoms with Gasteiger partial charge in [0.1, 0.15) is 0 Å². The topological polar surface area (TPSA) is 85.1 Å². The second-order valence-electron chi connectivity index (χ2n) is 8.57. The molecule has 4 saturated carbocycles. The highest BCUT2D eigenvalue weighted by Gasteiger charge is 2.51. The molecule has 0 saturated heterocycles. The van der Waals surface area contributed by atoms with Gasteiger partial charge in [-0.3, -0.25) is 14.9 Å². The van der Waals surface area contributed by atoms with Crippen LogP contribution in [0.4, 0.5) is 10.8 Å². The average molecular weight is 371 g/mol. The van der Waals surface area contributed by atoms with Gasteiger partial charge in [-0.2, -0.15) is 0 Å². The molecule has 0 radical (unpaired) electrons. The molecule has 26 heavy (non-hydrogen) atoms. The molecule has 4 fully saturated rings. The Bertz CT molecular complexity index is 871. The predicted molar refractivity (Wildman–Crippen MR) is 100 cm³/mol. The molecule has 0 aliphatic heterocycles. The zero-order valence-corrected chi connectivity index (χ0v) is 15.3. The third-order valence-electron chi connectivity index (χ3n) is 6.53. The van der Waals surface area contributed by atoms with Crippen molar-refractivity contribution in [2.24, 2.45) is 23.2 Å². The van der Waals surface area contributed by atoms with Crippen molar-refractivity contribution in [1.29, 1.82) is 0 Å². The molecule has 1 N–H and O–H groups in total. The number of carbonyl (C=O) groups excluding carboxylic acids is 1. The van der Waals surface area contributed by atoms with Crippen LogP contribution in [0.1, 0.15) is 44.9 Å². The average Bonchev–Trinajstić information content (AvgIpc) is 2.93. The Hall–Kier alpha value is -2.02. The number of nitrogens with one attached hydrogen (secondary N) is 1. The first-order valence-corrected chi connectivity index (χ1v) is 10.1. The minimum absolute atomic E-state index is 0.0421. The normalized spacial score (nSPS) is 32.1. The SMILES string of the molecule is O=C(CC12CC3CC(CC(C3)C1)C2)Nc1nc2ccc([N+](=O)[O-])cc2s1. The number of amides is 1. The van der Waals surface area contributed by atoms with E-state index in [1.165, 1.54) is 62.0 Å². The van der Waals surface area contributed by atoms with Crippen molar-refractivity contribution in [3.05, 3.63) is 28.3 Å². The van der Waals surface area contributed by atoms with Gasteiger partial charge in [0.25, 0.3) is 5.69 Å². The Balaban J connectivity index is 1.31. The van der Waals surface area contributed by atoms with E-state index in [9.17, 15) is 14.9 Å². The van der Waals surface area contributed by atoms with E-state index in [0.717, 1.165) is 22.5 Å². The first-order valence-electron chi connectivity index (χ1n) is 9.33. The number of aromatic nitrogens is 1. The van der Waals surface area contributed by atoms with E-state index in [0.29, 0.717) is 17.1 Å². The molecule has 1 heterocycles. The first-order chi connectivity index (χ1) is 12.5. The lowest BCUT2D eigenvalue weighted by Crippen LogP contribution is -2.47. The number of carbonyl (C=O) groups is 1. The van der Waals surface area contributed by atoms with Crippen molar-refractivity contribution in [1.82, 2.24) is 4.98 Å². The van der Waals surface area contributed by atoms with E-state index < -0.39 is 4.92 Å². The van der Waals surface area contributed by atoms with Crippen LogP contribution in [0, 0.1) is 33.3 Å². The van der Waals surface area contributed by atoms with Crippen LogP contribution < -0.4 is 5.32 Å². The number of hydrogen-bond donors (Lipinski definition) is 1. The molecule has 4 aliphatic rings. The fourth-order valence-corrected chi connectivity index (χ4v) is 7.01. The Morgan fingerprint density at radius 1 is 1.23 bits per heavy atom. The number of fused-ring (bicyclic) bond motifs is 1. The molecule has 6 rings (SSSR count). The summed E-state index contributed by atoms with van der Waals surface area (Å²) in [5.74, 6) is 2.53. The van der Waals surface area contributed by atoms with Gasteiger partial charge in [-0.05, 0) is 67.8 Å². The van der Waals surface area contributed by atoms with Crippen molar-refractivity contribution in [3.63, 3.8) is 0 Å². The van der Waals surface area contributed by atoms with Gasteiger partial charge in [0, 0.05) is 18.6 Å². The van der Waals surface area contributed by atoms with Crippen LogP contribution in [0.15, 0.2) is 18.2 Å². The number of hydrogen-bond acceptors (Lipinski definition) is 5. The number of nitrogens with zero attached hydrogens (tertiary/aromatic N) is 2. The van der Waals surface area contributed by atoms with Crippen molar-refractivity contribution in [2.45, 2.75) is 44.9 Å². The van der Waals surface area contributed by atoms with Crippen molar-refractivity contribution in [2.75, 3.05) is 5.32 Å². The second kappa shape index (κ2) is 5.74. The lowest BCUT2D eigenvalue weighted by molar-refractivity contribution is -0.384. The van der Waals surface area contributed by atoms with Gasteiger partial charge in [-0.1, -0.05) is 11.3 Å². The number of anilines is 1. The molecule has 4 bridgehead atoms. The Labute approximate surface area is 155 Å². The van der Waals surface area contributed by atoms with Crippen LogP contribution >= 0.6 is 11.3 Å². The summed E-state index contributed by atoms with van der Waals surface area (Å²) in [6, 6.07) is 4.60. The summed E-state index contributed by atoms with van der Waals surface area (Å²) in [6.07, 6.45) is 8.33. The Kier molecular flexibility index (Phi) is 3.57. The minimum Gasteiger partial charge on any atom is -0.302 e. The Morgan fingerprint density at radius 3 is 2.50 bits per heavy atom. The summed E-state index contributed by atoms with van der Waals surface area (Å²) in [4.78, 5) is 27.6. The smallest absolute Gasteiger partial charge is 0.270 e. The largest absolute Gasteiger partial charge is 0.302 e. The second-order valence-corrected chi connectivity index (χ2v) is 9.60. The summed E-state index contributed by atoms with van der Waals surface area (Å²) in [5, 5.41) is 14.4. The molecule has 6 nitrogen and oxygen atoms in total. The van der Waals surface area contributed by atoms with Gasteiger partial charge in [0.2, 0.25) is 5.91 Å². The van der Waals surface area contributed by atoms with Crippen molar-refractivity contribution >= 4 is 38.3 Å². The Morgan fingerprint density at radius 2 is 1.88 bits per heavy atom. The quantitative estimate of drug-likeness (QED) is 0.621. The third kappa shape index (κ3) is 2.78. The molecule has 1 aromatic heterocycles. The fourth-order valence-electron chi connectivity index (χ4n) is 6.09. The maximum Gasteiger partial charge on any atom is 0.270 e. The molecular weight excluding hydrogens is 350 g/mol. The number of benzene rings is 1. The van der Waals surface area contributed by atoms with Crippen LogP contribution in [0.3, 0.4) is 0 Å². The summed E-state index contributed by atoms with van der Waals surface area (Å²) in [6.45, 7) is 0. The molecule has 136 valence electrons. The zero-order valence-electron chi connectivity index (χ0n) is 14.4. The maximum absolute atomic E-state index is 12.7. The number of rotatable bonds is 4. The van der Waals surface area contributed by atoms with Gasteiger partial charge in [0.05, 0.1) is 15.1 Å². The first kappa shape index (κ1) is 16.2. The summed E-state index contributed by atoms with van der Waals surface area (Å²) < 4.78 is 0.726. The summed E-state index contributed by atoms with van der Waals surface area (Å²) in [5.41, 5.74) is 0.937. The number of nitro groups is 1. The highest BCUT2D eigenvalue weighted by atomic mass is 32.1. The van der Waals surface area contributed by atoms with Crippen LogP contribution in [0.5, 0.6) is 0 Å². The lowest BCUT2D eigenvalue weighted by Gasteiger charge is -2.56. The molecule has 1 aromatic carbocycles. The maximum atomic E-state index is 12.7. The highest BCUT2D eigenvalue weighted by Crippen LogP contribution is 2.61. The number of nitro benzene ring substituents is 1. The third-order valence-corrected chi connectivity index (χ3v) is 7.46. The number of non-ortho nitro benzene ring substituents is 1. The highest BCUT2D eigenvalue weighted by molar-refractivity contribution is 7.22. The molecule has 0 unspecified atom stereocenters. The van der Waals surface area contributed by atoms with Gasteiger partial charge in [-0.25, -0.2) is 4.98 Å². The van der Waals surface area contributed by atoms with Crippen LogP contribution in [0.2, 0.25) is 0 Å². The predicted octanol–water partition coefficient (Wildman–Crippen LogP) is 4.75. The minimum atomic E-state index is -0.412. The molecule has 2 aromatic rings. The molecule has 1 amide bonds. The van der Waals surface area contributed by atoms with E-state index in [4.69, 9.17) is 0 Å². The monoisotopic (exact) mass is 371 g/mol. The molecule has 0 spiro atoms. The lowest BCUT2D eigenvalue weighted by atomic mass is 9.49. The van der Waals surface area contributed by atoms with Gasteiger partial charge < -0.3 is 5.32 Å². The van der Waals surface area contributed by atoms with E-state index in [-0.39, 0.29) is 17.0 Å². The summed E-state index contributed by atoms with van der Waals surface area (Å²) >= 11 is 1.30. The van der Waals surface area contributed by atoms with E-state index in [1.54, 1.807) is 6.07 Å². The van der Waals surface area contributed by atoms with E-state index in [1.807, 2.05) is 0 Å². The van der Waals surface area contributed by atoms with E-state index >= 15 is 0 Å². The molecule has 7 heteroatoms. The van der Waals surface area contributed by atoms with Gasteiger partial charge in [-0.15, -0.1) is 0 Å². The van der Waals surface area contributed by atoms with Gasteiger partial charge in [0.15, 0.2) is 5.13 Å². The van der Waals surface area contributed by atoms with Crippen LogP contribution in [0.25, 0.3) is 10.2 Å². The molecule has 4 aliphatic carbocycles. The fraction of sp³-hybridized carbons (Fsp3) is 0.579. The summed E-state index contributed by atoms with van der Waals surface area (Å²) in [7, 11) is 0. The van der Waals surface area contributed by atoms with Crippen molar-refractivity contribution < 1.29 is 9.72 Å². The van der Waals surface area contributed by atoms with Crippen LogP contribution in [-0.4, -0.2) is 15.8 Å². The molecular formula is C19H21N3O3S.